The Morgan fingerprint density at radius 2 is 2.12 bits per heavy atom. The normalized spacial score (nSPS) is 50.8. The monoisotopic (exact) mass is 348 g/mol. The lowest BCUT2D eigenvalue weighted by molar-refractivity contribution is -0.206. The summed E-state index contributed by atoms with van der Waals surface area (Å²) in [6, 6.07) is 0. The molecule has 25 heavy (non-hydrogen) atoms. The topological polar surface area (TPSA) is 85.4 Å². The number of ketones is 1. The van der Waals surface area contributed by atoms with E-state index in [1.807, 2.05) is 19.9 Å². The minimum absolute atomic E-state index is 0.0550. The molecule has 7 atom stereocenters. The zero-order chi connectivity index (χ0) is 18.2. The number of carbonyl (C=O) groups is 2. The van der Waals surface area contributed by atoms with Crippen LogP contribution in [0.4, 0.5) is 0 Å². The van der Waals surface area contributed by atoms with Crippen molar-refractivity contribution in [1.29, 1.82) is 0 Å². The van der Waals surface area contributed by atoms with Crippen molar-refractivity contribution in [3.63, 3.8) is 0 Å². The molecule has 0 amide bonds. The first kappa shape index (κ1) is 16.9. The summed E-state index contributed by atoms with van der Waals surface area (Å²) in [4.78, 5) is 24.4. The van der Waals surface area contributed by atoms with Gasteiger partial charge in [0.05, 0.1) is 12.7 Å². The van der Waals surface area contributed by atoms with Gasteiger partial charge in [-0.25, -0.2) is 4.79 Å². The fourth-order valence-corrected chi connectivity index (χ4v) is 5.20. The number of Topliss-reactive ketones (excluding diaryl/α,β-unsaturated/α-hetero) is 1. The van der Waals surface area contributed by atoms with E-state index in [-0.39, 0.29) is 18.3 Å². The van der Waals surface area contributed by atoms with E-state index in [2.05, 4.69) is 0 Å². The molecule has 2 heterocycles. The maximum absolute atomic E-state index is 12.4. The number of allylic oxidation sites excluding steroid dienone is 2. The first-order valence-corrected chi connectivity index (χ1v) is 8.74. The molecule has 2 bridgehead atoms. The SMILES string of the molecule is CC=CC(=O)OC1C2OC3C=C(C)C(=O)CC3(C)C(C)(C1O)C21CO1. The predicted molar refractivity (Wildman–Crippen MR) is 87.6 cm³/mol. The summed E-state index contributed by atoms with van der Waals surface area (Å²) in [7, 11) is 0. The fourth-order valence-electron chi connectivity index (χ4n) is 5.20. The number of hydrogen-bond donors (Lipinski definition) is 1. The van der Waals surface area contributed by atoms with E-state index in [4.69, 9.17) is 14.2 Å². The summed E-state index contributed by atoms with van der Waals surface area (Å²) in [5, 5.41) is 11.2. The van der Waals surface area contributed by atoms with Crippen molar-refractivity contribution >= 4 is 11.8 Å². The highest BCUT2D eigenvalue weighted by Crippen LogP contribution is 2.71. The van der Waals surface area contributed by atoms with Crippen LogP contribution in [0.15, 0.2) is 23.8 Å². The molecule has 3 fully saturated rings. The molecule has 2 saturated heterocycles. The highest BCUT2D eigenvalue weighted by molar-refractivity contribution is 5.96. The van der Waals surface area contributed by atoms with Crippen molar-refractivity contribution in [2.24, 2.45) is 10.8 Å². The van der Waals surface area contributed by atoms with Gasteiger partial charge in [-0.15, -0.1) is 0 Å². The van der Waals surface area contributed by atoms with Crippen molar-refractivity contribution in [3.8, 4) is 0 Å². The fraction of sp³-hybridized carbons (Fsp3) is 0.684. The average molecular weight is 348 g/mol. The molecule has 4 rings (SSSR count). The minimum atomic E-state index is -0.969. The molecule has 2 aliphatic heterocycles. The third kappa shape index (κ3) is 1.85. The van der Waals surface area contributed by atoms with E-state index < -0.39 is 40.7 Å². The highest BCUT2D eigenvalue weighted by Gasteiger charge is 2.84. The third-order valence-electron chi connectivity index (χ3n) is 7.03. The second-order valence-corrected chi connectivity index (χ2v) is 8.07. The molecule has 0 radical (unpaired) electrons. The van der Waals surface area contributed by atoms with Gasteiger partial charge in [0.15, 0.2) is 11.9 Å². The van der Waals surface area contributed by atoms with Gasteiger partial charge in [-0.05, 0) is 25.5 Å². The number of fused-ring (bicyclic) bond motifs is 2. The van der Waals surface area contributed by atoms with Crippen LogP contribution in [0.25, 0.3) is 0 Å². The molecule has 7 unspecified atom stereocenters. The molecule has 1 spiro atoms. The number of esters is 1. The molecule has 0 aromatic heterocycles. The summed E-state index contributed by atoms with van der Waals surface area (Å²) < 4.78 is 17.6. The Labute approximate surface area is 146 Å². The second kappa shape index (κ2) is 5.02. The molecule has 136 valence electrons. The maximum Gasteiger partial charge on any atom is 0.330 e. The second-order valence-electron chi connectivity index (χ2n) is 8.07. The van der Waals surface area contributed by atoms with Gasteiger partial charge in [-0.1, -0.05) is 19.9 Å². The summed E-state index contributed by atoms with van der Waals surface area (Å²) >= 11 is 0. The van der Waals surface area contributed by atoms with Crippen LogP contribution in [-0.2, 0) is 23.8 Å². The van der Waals surface area contributed by atoms with Gasteiger partial charge in [-0.2, -0.15) is 0 Å². The third-order valence-corrected chi connectivity index (χ3v) is 7.03. The van der Waals surface area contributed by atoms with Crippen LogP contribution >= 0.6 is 0 Å². The van der Waals surface area contributed by atoms with Crippen LogP contribution in [0.3, 0.4) is 0 Å². The van der Waals surface area contributed by atoms with Crippen LogP contribution < -0.4 is 0 Å². The molecular weight excluding hydrogens is 324 g/mol. The van der Waals surface area contributed by atoms with Crippen molar-refractivity contribution in [1.82, 2.24) is 0 Å². The number of ether oxygens (including phenoxy) is 3. The summed E-state index contributed by atoms with van der Waals surface area (Å²) in [5.74, 6) is -0.461. The first-order valence-electron chi connectivity index (χ1n) is 8.74. The van der Waals surface area contributed by atoms with Gasteiger partial charge in [-0.3, -0.25) is 4.79 Å². The molecule has 6 heteroatoms. The van der Waals surface area contributed by atoms with E-state index in [9.17, 15) is 14.7 Å². The lowest BCUT2D eigenvalue weighted by Gasteiger charge is -2.56. The van der Waals surface area contributed by atoms with Gasteiger partial charge < -0.3 is 19.3 Å². The van der Waals surface area contributed by atoms with E-state index >= 15 is 0 Å². The Balaban J connectivity index is 1.79. The van der Waals surface area contributed by atoms with Gasteiger partial charge >= 0.3 is 5.97 Å². The molecule has 2 aliphatic carbocycles. The number of aliphatic hydroxyl groups is 1. The Hall–Kier alpha value is -1.50. The minimum Gasteiger partial charge on any atom is -0.454 e. The highest BCUT2D eigenvalue weighted by atomic mass is 16.7. The number of rotatable bonds is 2. The van der Waals surface area contributed by atoms with Gasteiger partial charge in [0.2, 0.25) is 0 Å². The van der Waals surface area contributed by atoms with Crippen molar-refractivity contribution in [2.45, 2.75) is 64.1 Å². The Morgan fingerprint density at radius 1 is 1.44 bits per heavy atom. The Morgan fingerprint density at radius 3 is 2.72 bits per heavy atom. The lowest BCUT2D eigenvalue weighted by atomic mass is 9.52. The number of carbonyl (C=O) groups excluding carboxylic acids is 2. The first-order chi connectivity index (χ1) is 11.7. The number of hydrogen-bond acceptors (Lipinski definition) is 6. The molecule has 0 aromatic rings. The standard InChI is InChI=1S/C19H24O6/c1-5-6-13(21)25-14-15(22)18(4)17(3)8-11(20)10(2)7-12(17)24-16(14)19(18)9-23-19/h5-7,12,14-16,22H,8-9H2,1-4H3. The van der Waals surface area contributed by atoms with Crippen LogP contribution in [0.1, 0.15) is 34.1 Å². The molecule has 1 N–H and O–H groups in total. The largest absolute Gasteiger partial charge is 0.454 e. The van der Waals surface area contributed by atoms with E-state index in [0.717, 1.165) is 0 Å². The number of aliphatic hydroxyl groups excluding tert-OH is 1. The molecule has 1 saturated carbocycles. The van der Waals surface area contributed by atoms with Crippen molar-refractivity contribution in [2.75, 3.05) is 6.61 Å². The van der Waals surface area contributed by atoms with Crippen LogP contribution in [0.5, 0.6) is 0 Å². The summed E-state index contributed by atoms with van der Waals surface area (Å²) in [5.41, 5.74) is -1.41. The van der Waals surface area contributed by atoms with Crippen LogP contribution in [0.2, 0.25) is 0 Å². The molecule has 0 aromatic carbocycles. The quantitative estimate of drug-likeness (QED) is 0.460. The summed E-state index contributed by atoms with van der Waals surface area (Å²) in [6.07, 6.45) is 2.38. The van der Waals surface area contributed by atoms with Crippen molar-refractivity contribution in [3.05, 3.63) is 23.8 Å². The van der Waals surface area contributed by atoms with Gasteiger partial charge in [0.25, 0.3) is 0 Å². The Bertz CT molecular complexity index is 705. The zero-order valence-corrected chi connectivity index (χ0v) is 14.9. The Kier molecular flexibility index (Phi) is 3.40. The van der Waals surface area contributed by atoms with Gasteiger partial charge in [0, 0.05) is 23.3 Å². The summed E-state index contributed by atoms with van der Waals surface area (Å²) in [6.45, 7) is 7.86. The van der Waals surface area contributed by atoms with E-state index in [1.165, 1.54) is 6.08 Å². The lowest BCUT2D eigenvalue weighted by Crippen LogP contribution is -2.64. The van der Waals surface area contributed by atoms with Crippen molar-refractivity contribution < 1.29 is 28.9 Å². The molecule has 6 nitrogen and oxygen atoms in total. The van der Waals surface area contributed by atoms with E-state index in [0.29, 0.717) is 12.2 Å². The smallest absolute Gasteiger partial charge is 0.330 e. The van der Waals surface area contributed by atoms with E-state index in [1.54, 1.807) is 19.9 Å². The molecule has 4 aliphatic rings. The zero-order valence-electron chi connectivity index (χ0n) is 14.9. The van der Waals surface area contributed by atoms with Crippen LogP contribution in [0, 0.1) is 10.8 Å². The van der Waals surface area contributed by atoms with Gasteiger partial charge in [0.1, 0.15) is 17.8 Å². The van der Waals surface area contributed by atoms with Crippen LogP contribution in [-0.4, -0.2) is 53.5 Å². The average Bonchev–Trinajstić information content (AvgIpc) is 3.32. The predicted octanol–water partition coefficient (Wildman–Crippen LogP) is 1.32. The molecular formula is C19H24O6. The maximum atomic E-state index is 12.4. The number of epoxide rings is 1.